The molecule has 1 aromatic heterocycles. The molecular weight excluding hydrogens is 198 g/mol. The Morgan fingerprint density at radius 2 is 1.94 bits per heavy atom. The van der Waals surface area contributed by atoms with Gasteiger partial charge in [0.15, 0.2) is 0 Å². The van der Waals surface area contributed by atoms with E-state index in [9.17, 15) is 0 Å². The van der Waals surface area contributed by atoms with E-state index in [1.54, 1.807) is 6.20 Å². The first kappa shape index (κ1) is 10.9. The van der Waals surface area contributed by atoms with Crippen LogP contribution in [0.5, 0.6) is 0 Å². The lowest BCUT2D eigenvalue weighted by molar-refractivity contribution is 0.591. The highest BCUT2D eigenvalue weighted by Gasteiger charge is 2.19. The Morgan fingerprint density at radius 3 is 2.50 bits per heavy atom. The summed E-state index contributed by atoms with van der Waals surface area (Å²) in [7, 11) is 0. The number of hydrogen-bond acceptors (Lipinski definition) is 2. The molecule has 0 fully saturated rings. The van der Waals surface area contributed by atoms with E-state index in [0.717, 1.165) is 11.3 Å². The van der Waals surface area contributed by atoms with Gasteiger partial charge in [-0.25, -0.2) is 0 Å². The third-order valence-electron chi connectivity index (χ3n) is 2.67. The van der Waals surface area contributed by atoms with E-state index >= 15 is 0 Å². The maximum atomic E-state index is 4.15. The second-order valence-electron chi connectivity index (χ2n) is 5.15. The lowest BCUT2D eigenvalue weighted by Crippen LogP contribution is -2.13. The molecule has 0 amide bonds. The molecule has 2 rings (SSSR count). The van der Waals surface area contributed by atoms with Crippen LogP contribution in [0.15, 0.2) is 24.4 Å². The Labute approximate surface area is 95.9 Å². The first-order valence-electron chi connectivity index (χ1n) is 5.46. The molecule has 1 heterocycles. The molecule has 3 nitrogen and oxygen atoms in total. The van der Waals surface area contributed by atoms with Crippen molar-refractivity contribution in [1.82, 2.24) is 15.4 Å². The number of aryl methyl sites for hydroxylation is 1. The van der Waals surface area contributed by atoms with Gasteiger partial charge in [-0.15, -0.1) is 0 Å². The Hall–Kier alpha value is -1.64. The molecule has 1 N–H and O–H groups in total. The van der Waals surface area contributed by atoms with E-state index in [1.165, 1.54) is 11.1 Å². The highest BCUT2D eigenvalue weighted by molar-refractivity contribution is 5.64. The molecule has 0 bridgehead atoms. The van der Waals surface area contributed by atoms with Crippen molar-refractivity contribution in [3.63, 3.8) is 0 Å². The summed E-state index contributed by atoms with van der Waals surface area (Å²) in [5, 5.41) is 10.7. The van der Waals surface area contributed by atoms with E-state index in [1.807, 2.05) is 0 Å². The fraction of sp³-hybridized carbons (Fsp3) is 0.385. The molecule has 0 atom stereocenters. The van der Waals surface area contributed by atoms with Gasteiger partial charge >= 0.3 is 0 Å². The molecule has 16 heavy (non-hydrogen) atoms. The minimum atomic E-state index is 0.111. The van der Waals surface area contributed by atoms with Crippen LogP contribution in [-0.4, -0.2) is 15.4 Å². The van der Waals surface area contributed by atoms with Gasteiger partial charge in [0.25, 0.3) is 0 Å². The maximum Gasteiger partial charge on any atom is 0.113 e. The highest BCUT2D eigenvalue weighted by Crippen LogP contribution is 2.32. The van der Waals surface area contributed by atoms with Gasteiger partial charge in [0.1, 0.15) is 5.69 Å². The number of benzene rings is 1. The predicted octanol–water partition coefficient (Wildman–Crippen LogP) is 3.08. The zero-order chi connectivity index (χ0) is 11.8. The van der Waals surface area contributed by atoms with E-state index in [4.69, 9.17) is 0 Å². The predicted molar refractivity (Wildman–Crippen MR) is 65.3 cm³/mol. The van der Waals surface area contributed by atoms with Gasteiger partial charge in [-0.1, -0.05) is 44.5 Å². The molecule has 0 spiro atoms. The fourth-order valence-corrected chi connectivity index (χ4v) is 1.83. The molecular formula is C13H17N3. The Bertz CT molecular complexity index is 478. The largest absolute Gasteiger partial charge is 0.197 e. The van der Waals surface area contributed by atoms with Crippen LogP contribution in [0.4, 0.5) is 0 Å². The fourth-order valence-electron chi connectivity index (χ4n) is 1.83. The number of nitrogens with one attached hydrogen (secondary N) is 1. The first-order valence-corrected chi connectivity index (χ1v) is 5.46. The van der Waals surface area contributed by atoms with Crippen molar-refractivity contribution in [3.05, 3.63) is 35.5 Å². The van der Waals surface area contributed by atoms with E-state index in [-0.39, 0.29) is 5.41 Å². The van der Waals surface area contributed by atoms with E-state index in [2.05, 4.69) is 61.3 Å². The standard InChI is InChI=1S/C13H17N3/c1-9-5-6-10(12-8-14-16-15-12)11(7-9)13(2,3)4/h5-8H,1-4H3,(H,14,15,16). The summed E-state index contributed by atoms with van der Waals surface area (Å²) in [6, 6.07) is 6.46. The summed E-state index contributed by atoms with van der Waals surface area (Å²) >= 11 is 0. The number of nitrogens with zero attached hydrogens (tertiary/aromatic N) is 2. The van der Waals surface area contributed by atoms with Crippen molar-refractivity contribution in [2.24, 2.45) is 0 Å². The molecule has 0 aliphatic rings. The third-order valence-corrected chi connectivity index (χ3v) is 2.67. The summed E-state index contributed by atoms with van der Waals surface area (Å²) in [6.45, 7) is 8.75. The Balaban J connectivity index is 2.62. The molecule has 0 unspecified atom stereocenters. The van der Waals surface area contributed by atoms with Crippen molar-refractivity contribution in [2.45, 2.75) is 33.1 Å². The van der Waals surface area contributed by atoms with Crippen LogP contribution in [0.3, 0.4) is 0 Å². The summed E-state index contributed by atoms with van der Waals surface area (Å²) in [6.07, 6.45) is 1.76. The lowest BCUT2D eigenvalue weighted by atomic mass is 9.82. The number of aromatic amines is 1. The first-order chi connectivity index (χ1) is 7.48. The van der Waals surface area contributed by atoms with Crippen LogP contribution in [0.1, 0.15) is 31.9 Å². The normalized spacial score (nSPS) is 11.8. The Kier molecular flexibility index (Phi) is 2.54. The maximum absolute atomic E-state index is 4.15. The zero-order valence-electron chi connectivity index (χ0n) is 10.2. The van der Waals surface area contributed by atoms with Crippen LogP contribution < -0.4 is 0 Å². The second-order valence-corrected chi connectivity index (χ2v) is 5.15. The molecule has 0 aliphatic carbocycles. The van der Waals surface area contributed by atoms with Gasteiger partial charge < -0.3 is 0 Å². The Morgan fingerprint density at radius 1 is 1.19 bits per heavy atom. The average Bonchev–Trinajstić information content (AvgIpc) is 2.69. The number of hydrogen-bond donors (Lipinski definition) is 1. The van der Waals surface area contributed by atoms with Crippen LogP contribution in [0.25, 0.3) is 11.3 Å². The molecule has 2 aromatic rings. The molecule has 1 aromatic carbocycles. The zero-order valence-corrected chi connectivity index (χ0v) is 10.2. The van der Waals surface area contributed by atoms with Crippen molar-refractivity contribution in [1.29, 1.82) is 0 Å². The molecule has 0 saturated carbocycles. The van der Waals surface area contributed by atoms with Crippen molar-refractivity contribution < 1.29 is 0 Å². The van der Waals surface area contributed by atoms with Crippen molar-refractivity contribution in [3.8, 4) is 11.3 Å². The van der Waals surface area contributed by atoms with Gasteiger partial charge in [0, 0.05) is 5.56 Å². The summed E-state index contributed by atoms with van der Waals surface area (Å²) in [5.41, 5.74) is 4.76. The van der Waals surface area contributed by atoms with Crippen LogP contribution in [0, 0.1) is 6.92 Å². The van der Waals surface area contributed by atoms with E-state index < -0.39 is 0 Å². The quantitative estimate of drug-likeness (QED) is 0.794. The van der Waals surface area contributed by atoms with Gasteiger partial charge in [-0.3, -0.25) is 0 Å². The van der Waals surface area contributed by atoms with Gasteiger partial charge in [0.2, 0.25) is 0 Å². The van der Waals surface area contributed by atoms with Crippen LogP contribution in [-0.2, 0) is 5.41 Å². The topological polar surface area (TPSA) is 41.6 Å². The van der Waals surface area contributed by atoms with Gasteiger partial charge in [-0.05, 0) is 17.9 Å². The highest BCUT2D eigenvalue weighted by atomic mass is 15.3. The monoisotopic (exact) mass is 215 g/mol. The van der Waals surface area contributed by atoms with Gasteiger partial charge in [-0.2, -0.15) is 15.4 Å². The number of H-pyrrole nitrogens is 1. The van der Waals surface area contributed by atoms with Gasteiger partial charge in [0.05, 0.1) is 6.20 Å². The number of rotatable bonds is 1. The molecule has 0 saturated heterocycles. The van der Waals surface area contributed by atoms with E-state index in [0.29, 0.717) is 0 Å². The lowest BCUT2D eigenvalue weighted by Gasteiger charge is -2.22. The molecule has 0 aliphatic heterocycles. The average molecular weight is 215 g/mol. The minimum Gasteiger partial charge on any atom is -0.197 e. The molecule has 3 heteroatoms. The number of aromatic nitrogens is 3. The summed E-state index contributed by atoms with van der Waals surface area (Å²) in [4.78, 5) is 0. The second kappa shape index (κ2) is 3.74. The van der Waals surface area contributed by atoms with Crippen molar-refractivity contribution in [2.75, 3.05) is 0 Å². The molecule has 84 valence electrons. The summed E-state index contributed by atoms with van der Waals surface area (Å²) in [5.74, 6) is 0. The smallest absolute Gasteiger partial charge is 0.113 e. The SMILES string of the molecule is Cc1ccc(-c2cn[nH]n2)c(C(C)(C)C)c1. The molecule has 0 radical (unpaired) electrons. The van der Waals surface area contributed by atoms with Crippen LogP contribution in [0.2, 0.25) is 0 Å². The third kappa shape index (κ3) is 1.98. The minimum absolute atomic E-state index is 0.111. The van der Waals surface area contributed by atoms with Crippen LogP contribution >= 0.6 is 0 Å². The van der Waals surface area contributed by atoms with Crippen molar-refractivity contribution >= 4 is 0 Å². The summed E-state index contributed by atoms with van der Waals surface area (Å²) < 4.78 is 0.